The molecule has 1 saturated heterocycles. The second kappa shape index (κ2) is 5.94. The molecule has 1 atom stereocenters. The quantitative estimate of drug-likeness (QED) is 0.867. The highest BCUT2D eigenvalue weighted by molar-refractivity contribution is 6.37. The Labute approximate surface area is 126 Å². The number of amides is 4. The molecule has 6 nitrogen and oxygen atoms in total. The second-order valence-electron chi connectivity index (χ2n) is 4.59. The molecule has 1 aromatic carbocycles. The number of nitriles is 1. The Balaban J connectivity index is 2.42. The second-order valence-corrected chi connectivity index (χ2v) is 4.99. The minimum Gasteiger partial charge on any atom is -0.277 e. The van der Waals surface area contributed by atoms with Crippen molar-refractivity contribution >= 4 is 35.1 Å². The van der Waals surface area contributed by atoms with Gasteiger partial charge >= 0.3 is 6.03 Å². The molecule has 0 aliphatic carbocycles. The number of benzene rings is 1. The minimum absolute atomic E-state index is 0.0992. The molecule has 7 heteroatoms. The van der Waals surface area contributed by atoms with E-state index in [1.165, 1.54) is 18.2 Å². The van der Waals surface area contributed by atoms with Gasteiger partial charge in [0.2, 0.25) is 11.8 Å². The molecule has 21 heavy (non-hydrogen) atoms. The first kappa shape index (κ1) is 15.0. The van der Waals surface area contributed by atoms with Gasteiger partial charge in [0.15, 0.2) is 0 Å². The molecule has 1 heterocycles. The van der Waals surface area contributed by atoms with E-state index in [1.807, 2.05) is 13.0 Å². The lowest BCUT2D eigenvalue weighted by molar-refractivity contribution is -0.134. The average Bonchev–Trinajstić information content (AvgIpc) is 2.44. The summed E-state index contributed by atoms with van der Waals surface area (Å²) in [5.41, 5.74) is 0.474. The van der Waals surface area contributed by atoms with Gasteiger partial charge in [0.05, 0.1) is 22.3 Å². The van der Waals surface area contributed by atoms with Gasteiger partial charge in [-0.05, 0) is 24.6 Å². The number of carbonyl (C=O) groups excluding carboxylic acids is 3. The molecular weight excluding hydrogens is 294 g/mol. The average molecular weight is 306 g/mol. The van der Waals surface area contributed by atoms with Crippen LogP contribution >= 0.6 is 11.6 Å². The summed E-state index contributed by atoms with van der Waals surface area (Å²) in [4.78, 5) is 36.8. The van der Waals surface area contributed by atoms with Gasteiger partial charge in [-0.1, -0.05) is 24.9 Å². The molecule has 0 spiro atoms. The number of hydrogen-bond acceptors (Lipinski definition) is 4. The lowest BCUT2D eigenvalue weighted by Gasteiger charge is -2.30. The van der Waals surface area contributed by atoms with E-state index in [0.29, 0.717) is 18.4 Å². The zero-order valence-corrected chi connectivity index (χ0v) is 12.0. The zero-order chi connectivity index (χ0) is 15.6. The Morgan fingerprint density at radius 1 is 1.38 bits per heavy atom. The minimum atomic E-state index is -0.903. The summed E-state index contributed by atoms with van der Waals surface area (Å²) in [6.45, 7) is 1.84. The van der Waals surface area contributed by atoms with Gasteiger partial charge in [0, 0.05) is 0 Å². The lowest BCUT2D eigenvalue weighted by atomic mass is 9.99. The number of hydrogen-bond donors (Lipinski definition) is 1. The molecule has 2 rings (SSSR count). The SMILES string of the molecule is CCCC1C(=O)NC(=O)N(c2ccc(C#N)cc2Cl)C1=O. The molecule has 1 N–H and O–H groups in total. The number of anilines is 1. The van der Waals surface area contributed by atoms with Crippen molar-refractivity contribution in [2.45, 2.75) is 19.8 Å². The van der Waals surface area contributed by atoms with Gasteiger partial charge in [0.1, 0.15) is 5.92 Å². The van der Waals surface area contributed by atoms with Crippen LogP contribution in [-0.4, -0.2) is 17.8 Å². The van der Waals surface area contributed by atoms with Crippen molar-refractivity contribution in [1.82, 2.24) is 5.32 Å². The summed E-state index contributed by atoms with van der Waals surface area (Å²) in [5.74, 6) is -2.09. The van der Waals surface area contributed by atoms with Gasteiger partial charge in [0.25, 0.3) is 0 Å². The summed E-state index contributed by atoms with van der Waals surface area (Å²) in [6.07, 6.45) is 0.981. The smallest absolute Gasteiger partial charge is 0.277 e. The molecule has 1 aromatic rings. The molecular formula is C14H12ClN3O3. The summed E-state index contributed by atoms with van der Waals surface area (Å²) in [5, 5.41) is 11.1. The Bertz CT molecular complexity index is 666. The molecule has 0 saturated carbocycles. The van der Waals surface area contributed by atoms with E-state index >= 15 is 0 Å². The van der Waals surface area contributed by atoms with Crippen molar-refractivity contribution in [2.75, 3.05) is 4.90 Å². The molecule has 4 amide bonds. The fraction of sp³-hybridized carbons (Fsp3) is 0.286. The number of barbiturate groups is 1. The Kier molecular flexibility index (Phi) is 4.24. The first-order valence-electron chi connectivity index (χ1n) is 6.38. The van der Waals surface area contributed by atoms with Crippen molar-refractivity contribution in [3.05, 3.63) is 28.8 Å². The fourth-order valence-corrected chi connectivity index (χ4v) is 2.41. The number of halogens is 1. The maximum atomic E-state index is 12.4. The third kappa shape index (κ3) is 2.73. The summed E-state index contributed by atoms with van der Waals surface area (Å²) in [7, 11) is 0. The number of rotatable bonds is 3. The van der Waals surface area contributed by atoms with Crippen LogP contribution in [0.4, 0.5) is 10.5 Å². The predicted molar refractivity (Wildman–Crippen MR) is 75.6 cm³/mol. The highest BCUT2D eigenvalue weighted by atomic mass is 35.5. The van der Waals surface area contributed by atoms with E-state index in [9.17, 15) is 14.4 Å². The summed E-state index contributed by atoms with van der Waals surface area (Å²) < 4.78 is 0. The van der Waals surface area contributed by atoms with Crippen molar-refractivity contribution < 1.29 is 14.4 Å². The maximum Gasteiger partial charge on any atom is 0.335 e. The summed E-state index contributed by atoms with van der Waals surface area (Å²) >= 11 is 6.02. The van der Waals surface area contributed by atoms with Crippen LogP contribution < -0.4 is 10.2 Å². The van der Waals surface area contributed by atoms with Crippen molar-refractivity contribution in [3.8, 4) is 6.07 Å². The molecule has 1 unspecified atom stereocenters. The highest BCUT2D eigenvalue weighted by Gasteiger charge is 2.41. The van der Waals surface area contributed by atoms with E-state index in [2.05, 4.69) is 5.32 Å². The van der Waals surface area contributed by atoms with E-state index < -0.39 is 23.8 Å². The summed E-state index contributed by atoms with van der Waals surface area (Å²) in [6, 6.07) is 5.31. The largest absolute Gasteiger partial charge is 0.335 e. The number of nitrogens with one attached hydrogen (secondary N) is 1. The first-order chi connectivity index (χ1) is 9.99. The van der Waals surface area contributed by atoms with Crippen LogP contribution in [0.25, 0.3) is 0 Å². The van der Waals surface area contributed by atoms with E-state index in [-0.39, 0.29) is 10.7 Å². The van der Waals surface area contributed by atoms with Gasteiger partial charge in [-0.2, -0.15) is 5.26 Å². The molecule has 1 fully saturated rings. The van der Waals surface area contributed by atoms with Crippen molar-refractivity contribution in [2.24, 2.45) is 5.92 Å². The van der Waals surface area contributed by atoms with Crippen LogP contribution in [0.15, 0.2) is 18.2 Å². The van der Waals surface area contributed by atoms with E-state index in [4.69, 9.17) is 16.9 Å². The third-order valence-corrected chi connectivity index (χ3v) is 3.47. The lowest BCUT2D eigenvalue weighted by Crippen LogP contribution is -2.58. The molecule has 1 aliphatic rings. The molecule has 108 valence electrons. The van der Waals surface area contributed by atoms with Crippen LogP contribution in [0.5, 0.6) is 0 Å². The predicted octanol–water partition coefficient (Wildman–Crippen LogP) is 2.21. The molecule has 0 aromatic heterocycles. The number of nitrogens with zero attached hydrogens (tertiary/aromatic N) is 2. The van der Waals surface area contributed by atoms with Gasteiger partial charge in [-0.3, -0.25) is 14.9 Å². The van der Waals surface area contributed by atoms with Gasteiger partial charge in [-0.25, -0.2) is 9.69 Å². The highest BCUT2D eigenvalue weighted by Crippen LogP contribution is 2.30. The van der Waals surface area contributed by atoms with Crippen LogP contribution in [0.1, 0.15) is 25.3 Å². The standard InChI is InChI=1S/C14H12ClN3O3/c1-2-3-9-12(19)17-14(21)18(13(9)20)11-5-4-8(7-16)6-10(11)15/h4-6,9H,2-3H2,1H3,(H,17,19,21). The van der Waals surface area contributed by atoms with Crippen molar-refractivity contribution in [1.29, 1.82) is 5.26 Å². The van der Waals surface area contributed by atoms with E-state index in [1.54, 1.807) is 0 Å². The fourth-order valence-electron chi connectivity index (χ4n) is 2.15. The Morgan fingerprint density at radius 2 is 2.10 bits per heavy atom. The Hall–Kier alpha value is -2.39. The molecule has 0 radical (unpaired) electrons. The molecule has 0 bridgehead atoms. The molecule has 1 aliphatic heterocycles. The van der Waals surface area contributed by atoms with Crippen molar-refractivity contribution in [3.63, 3.8) is 0 Å². The van der Waals surface area contributed by atoms with Gasteiger partial charge < -0.3 is 0 Å². The normalized spacial score (nSPS) is 18.4. The van der Waals surface area contributed by atoms with Gasteiger partial charge in [-0.15, -0.1) is 0 Å². The number of carbonyl (C=O) groups is 3. The topological polar surface area (TPSA) is 90.3 Å². The maximum absolute atomic E-state index is 12.4. The number of urea groups is 1. The third-order valence-electron chi connectivity index (χ3n) is 3.16. The zero-order valence-electron chi connectivity index (χ0n) is 11.2. The van der Waals surface area contributed by atoms with E-state index in [0.717, 1.165) is 4.90 Å². The number of imide groups is 2. The van der Waals surface area contributed by atoms with Crippen LogP contribution in [-0.2, 0) is 9.59 Å². The van der Waals surface area contributed by atoms with Crippen LogP contribution in [0.2, 0.25) is 5.02 Å². The Morgan fingerprint density at radius 3 is 2.67 bits per heavy atom. The van der Waals surface area contributed by atoms with Crippen LogP contribution in [0, 0.1) is 17.2 Å². The monoisotopic (exact) mass is 305 g/mol. The van der Waals surface area contributed by atoms with Crippen LogP contribution in [0.3, 0.4) is 0 Å². The first-order valence-corrected chi connectivity index (χ1v) is 6.75.